The second-order valence-electron chi connectivity index (χ2n) is 6.06. The van der Waals surface area contributed by atoms with Crippen molar-refractivity contribution >= 4 is 0 Å². The van der Waals surface area contributed by atoms with Gasteiger partial charge in [0.15, 0.2) is 0 Å². The lowest BCUT2D eigenvalue weighted by atomic mass is 10.2. The third-order valence-electron chi connectivity index (χ3n) is 4.28. The first-order valence-electron chi connectivity index (χ1n) is 8.50. The van der Waals surface area contributed by atoms with Crippen molar-refractivity contribution in [2.24, 2.45) is 0 Å². The monoisotopic (exact) mass is 343 g/mol. The van der Waals surface area contributed by atoms with Gasteiger partial charge in [-0.15, -0.1) is 0 Å². The SMILES string of the molecule is COc1ccc(CN2CCO[C@@H](COc3ccc(OC)cc3)C2)cc1. The first-order valence-corrected chi connectivity index (χ1v) is 8.50. The number of ether oxygens (including phenoxy) is 4. The van der Waals surface area contributed by atoms with Crippen molar-refractivity contribution in [3.63, 3.8) is 0 Å². The molecule has 5 nitrogen and oxygen atoms in total. The van der Waals surface area contributed by atoms with Gasteiger partial charge in [-0.1, -0.05) is 12.1 Å². The average molecular weight is 343 g/mol. The van der Waals surface area contributed by atoms with Crippen molar-refractivity contribution in [2.75, 3.05) is 40.5 Å². The molecule has 134 valence electrons. The minimum absolute atomic E-state index is 0.0779. The molecule has 1 aliphatic rings. The summed E-state index contributed by atoms with van der Waals surface area (Å²) in [7, 11) is 3.34. The van der Waals surface area contributed by atoms with E-state index in [-0.39, 0.29) is 6.10 Å². The lowest BCUT2D eigenvalue weighted by Gasteiger charge is -2.32. The Morgan fingerprint density at radius 2 is 1.52 bits per heavy atom. The highest BCUT2D eigenvalue weighted by atomic mass is 16.5. The molecular formula is C20H25NO4. The van der Waals surface area contributed by atoms with Gasteiger partial charge in [0, 0.05) is 19.6 Å². The summed E-state index contributed by atoms with van der Waals surface area (Å²) in [5.74, 6) is 2.54. The molecule has 1 saturated heterocycles. The third kappa shape index (κ3) is 5.11. The molecule has 0 spiro atoms. The Hall–Kier alpha value is -2.24. The van der Waals surface area contributed by atoms with E-state index in [1.165, 1.54) is 5.56 Å². The van der Waals surface area contributed by atoms with Crippen LogP contribution in [-0.4, -0.2) is 51.5 Å². The van der Waals surface area contributed by atoms with Crippen molar-refractivity contribution in [2.45, 2.75) is 12.6 Å². The van der Waals surface area contributed by atoms with E-state index in [0.717, 1.165) is 43.5 Å². The van der Waals surface area contributed by atoms with Crippen LogP contribution in [0.15, 0.2) is 48.5 Å². The summed E-state index contributed by atoms with van der Waals surface area (Å²) in [6.07, 6.45) is 0.0779. The van der Waals surface area contributed by atoms with Crippen LogP contribution in [0.1, 0.15) is 5.56 Å². The van der Waals surface area contributed by atoms with Gasteiger partial charge in [-0.25, -0.2) is 0 Å². The van der Waals surface area contributed by atoms with Gasteiger partial charge in [-0.05, 0) is 42.0 Å². The summed E-state index contributed by atoms with van der Waals surface area (Å²) in [4.78, 5) is 2.40. The normalized spacial score (nSPS) is 17.9. The Balaban J connectivity index is 1.48. The zero-order valence-corrected chi connectivity index (χ0v) is 14.8. The molecule has 0 radical (unpaired) electrons. The molecule has 5 heteroatoms. The van der Waals surface area contributed by atoms with Gasteiger partial charge in [0.25, 0.3) is 0 Å². The van der Waals surface area contributed by atoms with E-state index in [2.05, 4.69) is 17.0 Å². The number of morpholine rings is 1. The van der Waals surface area contributed by atoms with E-state index in [1.807, 2.05) is 36.4 Å². The molecule has 1 aliphatic heterocycles. The standard InChI is InChI=1S/C20H25NO4/c1-22-17-5-3-16(4-6-17)13-21-11-12-24-20(14-21)15-25-19-9-7-18(23-2)8-10-19/h3-10,20H,11-15H2,1-2H3/t20-/m1/s1. The van der Waals surface area contributed by atoms with Crippen molar-refractivity contribution in [1.82, 2.24) is 4.90 Å². The summed E-state index contributed by atoms with van der Waals surface area (Å²) in [6.45, 7) is 3.98. The van der Waals surface area contributed by atoms with Gasteiger partial charge in [0.05, 0.1) is 20.8 Å². The van der Waals surface area contributed by atoms with Crippen LogP contribution in [0.5, 0.6) is 17.2 Å². The van der Waals surface area contributed by atoms with Crippen LogP contribution < -0.4 is 14.2 Å². The van der Waals surface area contributed by atoms with Crippen molar-refractivity contribution < 1.29 is 18.9 Å². The van der Waals surface area contributed by atoms with Crippen LogP contribution >= 0.6 is 0 Å². The van der Waals surface area contributed by atoms with Crippen LogP contribution in [0.25, 0.3) is 0 Å². The van der Waals surface area contributed by atoms with Crippen LogP contribution in [-0.2, 0) is 11.3 Å². The molecule has 0 aromatic heterocycles. The average Bonchev–Trinajstić information content (AvgIpc) is 2.68. The number of rotatable bonds is 7. The van der Waals surface area contributed by atoms with E-state index in [9.17, 15) is 0 Å². The molecule has 1 fully saturated rings. The topological polar surface area (TPSA) is 40.2 Å². The smallest absolute Gasteiger partial charge is 0.119 e. The number of hydrogen-bond donors (Lipinski definition) is 0. The number of nitrogens with zero attached hydrogens (tertiary/aromatic N) is 1. The Kier molecular flexibility index (Phi) is 6.14. The molecule has 3 rings (SSSR count). The van der Waals surface area contributed by atoms with Crippen molar-refractivity contribution in [3.05, 3.63) is 54.1 Å². The molecule has 0 N–H and O–H groups in total. The number of benzene rings is 2. The summed E-state index contributed by atoms with van der Waals surface area (Å²) >= 11 is 0. The second-order valence-corrected chi connectivity index (χ2v) is 6.06. The highest BCUT2D eigenvalue weighted by molar-refractivity contribution is 5.31. The first-order chi connectivity index (χ1) is 12.3. The van der Waals surface area contributed by atoms with Crippen LogP contribution in [0, 0.1) is 0 Å². The lowest BCUT2D eigenvalue weighted by Crippen LogP contribution is -2.44. The Morgan fingerprint density at radius 3 is 2.16 bits per heavy atom. The Labute approximate surface area is 149 Å². The van der Waals surface area contributed by atoms with Gasteiger partial charge >= 0.3 is 0 Å². The molecule has 2 aromatic carbocycles. The van der Waals surface area contributed by atoms with E-state index >= 15 is 0 Å². The van der Waals surface area contributed by atoms with Crippen LogP contribution in [0.3, 0.4) is 0 Å². The highest BCUT2D eigenvalue weighted by Crippen LogP contribution is 2.19. The fourth-order valence-corrected chi connectivity index (χ4v) is 2.88. The molecule has 0 unspecified atom stereocenters. The van der Waals surface area contributed by atoms with E-state index in [1.54, 1.807) is 14.2 Å². The molecule has 0 amide bonds. The number of methoxy groups -OCH3 is 2. The highest BCUT2D eigenvalue weighted by Gasteiger charge is 2.21. The third-order valence-corrected chi connectivity index (χ3v) is 4.28. The minimum Gasteiger partial charge on any atom is -0.497 e. The minimum atomic E-state index is 0.0779. The van der Waals surface area contributed by atoms with E-state index in [4.69, 9.17) is 18.9 Å². The summed E-state index contributed by atoms with van der Waals surface area (Å²) in [5.41, 5.74) is 1.28. The predicted octanol–water partition coefficient (Wildman–Crippen LogP) is 2.98. The van der Waals surface area contributed by atoms with Crippen molar-refractivity contribution in [3.8, 4) is 17.2 Å². The fourth-order valence-electron chi connectivity index (χ4n) is 2.88. The lowest BCUT2D eigenvalue weighted by molar-refractivity contribution is -0.0504. The molecule has 0 aliphatic carbocycles. The largest absolute Gasteiger partial charge is 0.497 e. The van der Waals surface area contributed by atoms with E-state index in [0.29, 0.717) is 6.61 Å². The van der Waals surface area contributed by atoms with E-state index < -0.39 is 0 Å². The molecule has 0 saturated carbocycles. The van der Waals surface area contributed by atoms with Crippen LogP contribution in [0.2, 0.25) is 0 Å². The maximum Gasteiger partial charge on any atom is 0.119 e. The van der Waals surface area contributed by atoms with Gasteiger partial charge in [-0.3, -0.25) is 4.90 Å². The molecule has 1 atom stereocenters. The molecular weight excluding hydrogens is 318 g/mol. The molecule has 2 aromatic rings. The van der Waals surface area contributed by atoms with Gasteiger partial charge in [0.1, 0.15) is 30.0 Å². The maximum atomic E-state index is 5.85. The van der Waals surface area contributed by atoms with Gasteiger partial charge in [0.2, 0.25) is 0 Å². The van der Waals surface area contributed by atoms with Gasteiger partial charge in [-0.2, -0.15) is 0 Å². The molecule has 0 bridgehead atoms. The summed E-state index contributed by atoms with van der Waals surface area (Å²) in [5, 5.41) is 0. The summed E-state index contributed by atoms with van der Waals surface area (Å²) in [6, 6.07) is 15.8. The second kappa shape index (κ2) is 8.74. The fraction of sp³-hybridized carbons (Fsp3) is 0.400. The predicted molar refractivity (Wildman–Crippen MR) is 96.5 cm³/mol. The first kappa shape index (κ1) is 17.6. The molecule has 25 heavy (non-hydrogen) atoms. The van der Waals surface area contributed by atoms with Crippen LogP contribution in [0.4, 0.5) is 0 Å². The Bertz CT molecular complexity index is 642. The zero-order chi connectivity index (χ0) is 17.5. The summed E-state index contributed by atoms with van der Waals surface area (Å²) < 4.78 is 22.0. The molecule has 1 heterocycles. The quantitative estimate of drug-likeness (QED) is 0.773. The Morgan fingerprint density at radius 1 is 0.920 bits per heavy atom. The zero-order valence-electron chi connectivity index (χ0n) is 14.8. The van der Waals surface area contributed by atoms with Gasteiger partial charge < -0.3 is 18.9 Å². The van der Waals surface area contributed by atoms with Crippen molar-refractivity contribution in [1.29, 1.82) is 0 Å². The number of hydrogen-bond acceptors (Lipinski definition) is 5. The maximum absolute atomic E-state index is 5.85.